The largest absolute Gasteiger partial charge is 0.435 e. The summed E-state index contributed by atoms with van der Waals surface area (Å²) in [5, 5.41) is 2.68. The smallest absolute Gasteiger partial charge is 0.339 e. The molecule has 0 saturated carbocycles. The first-order valence-corrected chi connectivity index (χ1v) is 8.54. The predicted octanol–water partition coefficient (Wildman–Crippen LogP) is 5.71. The molecule has 0 radical (unpaired) electrons. The number of fused-ring (bicyclic) bond motifs is 1. The van der Waals surface area contributed by atoms with Crippen molar-refractivity contribution in [1.29, 1.82) is 0 Å². The van der Waals surface area contributed by atoms with Gasteiger partial charge in [-0.25, -0.2) is 14.4 Å². The lowest BCUT2D eigenvalue weighted by Crippen LogP contribution is -2.09. The van der Waals surface area contributed by atoms with E-state index in [0.717, 1.165) is 53.2 Å². The van der Waals surface area contributed by atoms with Crippen LogP contribution < -0.4 is 5.32 Å². The highest BCUT2D eigenvalue weighted by Crippen LogP contribution is 2.37. The normalized spacial score (nSPS) is 12.4. The number of alkyl halides is 6. The van der Waals surface area contributed by atoms with Crippen LogP contribution >= 0.6 is 0 Å². The van der Waals surface area contributed by atoms with Crippen molar-refractivity contribution in [2.75, 3.05) is 5.32 Å². The average molecular weight is 441 g/mol. The topological polar surface area (TPSA) is 55.1 Å². The van der Waals surface area contributed by atoms with Crippen LogP contribution in [0.1, 0.15) is 11.3 Å². The molecular weight excluding hydrogens is 431 g/mol. The van der Waals surface area contributed by atoms with Gasteiger partial charge in [-0.15, -0.1) is 0 Å². The van der Waals surface area contributed by atoms with Crippen molar-refractivity contribution >= 4 is 17.2 Å². The van der Waals surface area contributed by atoms with Crippen molar-refractivity contribution in [1.82, 2.24) is 19.4 Å². The molecule has 4 rings (SSSR count). The van der Waals surface area contributed by atoms with Gasteiger partial charge in [-0.2, -0.15) is 26.3 Å². The number of benzene rings is 1. The molecule has 0 saturated heterocycles. The van der Waals surface area contributed by atoms with Crippen molar-refractivity contribution in [3.8, 4) is 11.4 Å². The Labute approximate surface area is 169 Å². The van der Waals surface area contributed by atoms with Gasteiger partial charge in [-0.1, -0.05) is 0 Å². The minimum Gasteiger partial charge on any atom is -0.339 e. The second kappa shape index (κ2) is 7.22. The molecule has 0 fully saturated rings. The Bertz CT molecular complexity index is 1240. The van der Waals surface area contributed by atoms with Gasteiger partial charge in [0.2, 0.25) is 0 Å². The summed E-state index contributed by atoms with van der Waals surface area (Å²) in [6.07, 6.45) is -6.30. The molecule has 0 aliphatic heterocycles. The molecule has 0 bridgehead atoms. The molecule has 4 aromatic rings. The second-order valence-corrected chi connectivity index (χ2v) is 6.37. The maximum Gasteiger partial charge on any atom is 0.435 e. The molecule has 0 aliphatic carbocycles. The average Bonchev–Trinajstić information content (AvgIpc) is 3.07. The van der Waals surface area contributed by atoms with Crippen molar-refractivity contribution in [2.45, 2.75) is 12.4 Å². The van der Waals surface area contributed by atoms with Crippen LogP contribution in [-0.2, 0) is 12.4 Å². The SMILES string of the molecule is Fc1ccc2nc(C(F)(F)F)c(-c3cncc(Nc4ccc(C(F)(F)F)cc4)n3)n2c1. The van der Waals surface area contributed by atoms with Crippen LogP contribution in [0.5, 0.6) is 0 Å². The number of anilines is 2. The van der Waals surface area contributed by atoms with Crippen LogP contribution in [0.25, 0.3) is 17.0 Å². The molecule has 1 aromatic carbocycles. The second-order valence-electron chi connectivity index (χ2n) is 6.37. The molecule has 3 heterocycles. The Balaban J connectivity index is 1.75. The summed E-state index contributed by atoms with van der Waals surface area (Å²) in [5.74, 6) is -0.816. The Kier molecular flexibility index (Phi) is 4.79. The van der Waals surface area contributed by atoms with E-state index in [1.54, 1.807) is 0 Å². The van der Waals surface area contributed by atoms with Crippen molar-refractivity contribution < 1.29 is 30.7 Å². The highest BCUT2D eigenvalue weighted by Gasteiger charge is 2.39. The third-order valence-electron chi connectivity index (χ3n) is 4.21. The lowest BCUT2D eigenvalue weighted by atomic mass is 10.2. The number of halogens is 7. The highest BCUT2D eigenvalue weighted by molar-refractivity contribution is 5.66. The van der Waals surface area contributed by atoms with Gasteiger partial charge in [-0.3, -0.25) is 9.38 Å². The van der Waals surface area contributed by atoms with Crippen LogP contribution in [0.2, 0.25) is 0 Å². The first-order valence-electron chi connectivity index (χ1n) is 8.54. The lowest BCUT2D eigenvalue weighted by molar-refractivity contribution is -0.140. The molecule has 0 amide bonds. The molecule has 31 heavy (non-hydrogen) atoms. The van der Waals surface area contributed by atoms with E-state index in [9.17, 15) is 30.7 Å². The zero-order valence-corrected chi connectivity index (χ0v) is 15.1. The fraction of sp³-hybridized carbons (Fsp3) is 0.105. The number of rotatable bonds is 3. The summed E-state index contributed by atoms with van der Waals surface area (Å²) in [4.78, 5) is 11.4. The first kappa shape index (κ1) is 20.6. The number of aromatic nitrogens is 4. The van der Waals surface area contributed by atoms with Crippen LogP contribution in [0.4, 0.5) is 42.2 Å². The molecule has 0 aliphatic rings. The molecule has 0 atom stereocenters. The van der Waals surface area contributed by atoms with E-state index >= 15 is 0 Å². The maximum atomic E-state index is 13.7. The molecule has 0 spiro atoms. The maximum absolute atomic E-state index is 13.7. The van der Waals surface area contributed by atoms with Crippen LogP contribution in [0.3, 0.4) is 0 Å². The highest BCUT2D eigenvalue weighted by atomic mass is 19.4. The zero-order chi connectivity index (χ0) is 22.4. The van der Waals surface area contributed by atoms with Gasteiger partial charge < -0.3 is 5.32 Å². The van der Waals surface area contributed by atoms with E-state index in [0.29, 0.717) is 0 Å². The molecule has 12 heteroatoms. The zero-order valence-electron chi connectivity index (χ0n) is 15.1. The number of imidazole rings is 1. The van der Waals surface area contributed by atoms with E-state index in [1.165, 1.54) is 6.20 Å². The molecular formula is C19H10F7N5. The van der Waals surface area contributed by atoms with Crippen LogP contribution in [0.15, 0.2) is 55.0 Å². The first-order chi connectivity index (χ1) is 14.5. The van der Waals surface area contributed by atoms with Crippen molar-refractivity contribution in [2.24, 2.45) is 0 Å². The van der Waals surface area contributed by atoms with Gasteiger partial charge in [0.1, 0.15) is 28.7 Å². The Morgan fingerprint density at radius 1 is 0.806 bits per heavy atom. The van der Waals surface area contributed by atoms with E-state index in [4.69, 9.17) is 0 Å². The van der Waals surface area contributed by atoms with E-state index in [-0.39, 0.29) is 22.8 Å². The van der Waals surface area contributed by atoms with Gasteiger partial charge in [0.25, 0.3) is 0 Å². The Hall–Kier alpha value is -3.70. The Morgan fingerprint density at radius 3 is 2.16 bits per heavy atom. The van der Waals surface area contributed by atoms with E-state index < -0.39 is 35.1 Å². The summed E-state index contributed by atoms with van der Waals surface area (Å²) < 4.78 is 93.2. The van der Waals surface area contributed by atoms with E-state index in [2.05, 4.69) is 20.3 Å². The molecule has 1 N–H and O–H groups in total. The number of hydrogen-bond donors (Lipinski definition) is 1. The van der Waals surface area contributed by atoms with Gasteiger partial charge in [0.15, 0.2) is 5.69 Å². The van der Waals surface area contributed by atoms with Crippen molar-refractivity contribution in [3.05, 3.63) is 72.1 Å². The predicted molar refractivity (Wildman–Crippen MR) is 95.9 cm³/mol. The van der Waals surface area contributed by atoms with Gasteiger partial charge >= 0.3 is 12.4 Å². The fourth-order valence-electron chi connectivity index (χ4n) is 2.89. The summed E-state index contributed by atoms with van der Waals surface area (Å²) in [6.45, 7) is 0. The summed E-state index contributed by atoms with van der Waals surface area (Å²) in [6, 6.07) is 6.03. The summed E-state index contributed by atoms with van der Waals surface area (Å²) in [7, 11) is 0. The minimum absolute atomic E-state index is 0.0308. The third-order valence-corrected chi connectivity index (χ3v) is 4.21. The fourth-order valence-corrected chi connectivity index (χ4v) is 2.89. The van der Waals surface area contributed by atoms with Gasteiger partial charge in [0.05, 0.1) is 18.0 Å². The molecule has 0 unspecified atom stereocenters. The lowest BCUT2D eigenvalue weighted by Gasteiger charge is -2.11. The van der Waals surface area contributed by atoms with Gasteiger partial charge in [0, 0.05) is 11.9 Å². The number of nitrogens with one attached hydrogen (secondary N) is 1. The molecule has 160 valence electrons. The summed E-state index contributed by atoms with van der Waals surface area (Å²) >= 11 is 0. The Morgan fingerprint density at radius 2 is 1.52 bits per heavy atom. The third kappa shape index (κ3) is 4.13. The van der Waals surface area contributed by atoms with Crippen LogP contribution in [0, 0.1) is 5.82 Å². The standard InChI is InChI=1S/C19H10F7N5/c20-11-3-6-15-30-17(19(24,25)26)16(31(15)9-11)13-7-27-8-14(29-13)28-12-4-1-10(2-5-12)18(21,22)23/h1-9H,(H,28,29). The monoisotopic (exact) mass is 441 g/mol. The number of pyridine rings is 1. The van der Waals surface area contributed by atoms with Crippen LogP contribution in [-0.4, -0.2) is 19.4 Å². The summed E-state index contributed by atoms with van der Waals surface area (Å²) in [5.41, 5.74) is -2.86. The minimum atomic E-state index is -4.85. The molecule has 3 aromatic heterocycles. The molecule has 5 nitrogen and oxygen atoms in total. The van der Waals surface area contributed by atoms with Crippen molar-refractivity contribution in [3.63, 3.8) is 0 Å². The number of nitrogens with zero attached hydrogens (tertiary/aromatic N) is 4. The van der Waals surface area contributed by atoms with E-state index in [1.807, 2.05) is 0 Å². The quantitative estimate of drug-likeness (QED) is 0.414. The number of hydrogen-bond acceptors (Lipinski definition) is 4. The van der Waals surface area contributed by atoms with Gasteiger partial charge in [-0.05, 0) is 36.4 Å².